The van der Waals surface area contributed by atoms with Gasteiger partial charge in [0.05, 0.1) is 15.4 Å². The summed E-state index contributed by atoms with van der Waals surface area (Å²) >= 11 is 1.31. The Morgan fingerprint density at radius 3 is 2.86 bits per heavy atom. The highest BCUT2D eigenvalue weighted by Gasteiger charge is 2.12. The third kappa shape index (κ3) is 3.51. The molecule has 0 bridgehead atoms. The van der Waals surface area contributed by atoms with E-state index in [0.29, 0.717) is 11.4 Å². The van der Waals surface area contributed by atoms with Crippen LogP contribution in [-0.4, -0.2) is 27.4 Å². The normalized spacial score (nSPS) is 10.1. The van der Waals surface area contributed by atoms with E-state index in [0.717, 1.165) is 21.8 Å². The highest BCUT2D eigenvalue weighted by molar-refractivity contribution is 7.14. The predicted octanol–water partition coefficient (Wildman–Crippen LogP) is 1.37. The fourth-order valence-corrected chi connectivity index (χ4v) is 2.78. The van der Waals surface area contributed by atoms with Crippen molar-refractivity contribution in [2.75, 3.05) is 6.61 Å². The number of hydrogen-bond donors (Lipinski definition) is 2. The van der Waals surface area contributed by atoms with Gasteiger partial charge in [-0.3, -0.25) is 9.48 Å². The summed E-state index contributed by atoms with van der Waals surface area (Å²) in [4.78, 5) is 13.5. The second kappa shape index (κ2) is 6.57. The van der Waals surface area contributed by atoms with Crippen LogP contribution in [0.4, 0.5) is 0 Å². The zero-order valence-corrected chi connectivity index (χ0v) is 13.0. The molecule has 0 spiro atoms. The van der Waals surface area contributed by atoms with Crippen LogP contribution in [0, 0.1) is 25.7 Å². The number of aryl methyl sites for hydroxylation is 2. The summed E-state index contributed by atoms with van der Waals surface area (Å²) in [5.41, 5.74) is 3.02. The van der Waals surface area contributed by atoms with Crippen LogP contribution in [-0.2, 0) is 13.6 Å². The van der Waals surface area contributed by atoms with Gasteiger partial charge in [0.25, 0.3) is 5.91 Å². The first kappa shape index (κ1) is 15.3. The molecule has 21 heavy (non-hydrogen) atoms. The summed E-state index contributed by atoms with van der Waals surface area (Å²) in [5.74, 6) is 5.23. The molecular weight excluding hydrogens is 286 g/mol. The van der Waals surface area contributed by atoms with Crippen molar-refractivity contribution in [3.05, 3.63) is 38.8 Å². The fourth-order valence-electron chi connectivity index (χ4n) is 1.98. The van der Waals surface area contributed by atoms with Crippen LogP contribution in [0.5, 0.6) is 0 Å². The lowest BCUT2D eigenvalue weighted by atomic mass is 10.2. The lowest BCUT2D eigenvalue weighted by Crippen LogP contribution is -2.22. The topological polar surface area (TPSA) is 67.2 Å². The molecular formula is C15H17N3O2S. The zero-order chi connectivity index (χ0) is 15.4. The molecule has 0 aliphatic heterocycles. The Labute approximate surface area is 127 Å². The van der Waals surface area contributed by atoms with E-state index in [1.807, 2.05) is 25.6 Å². The molecule has 0 aliphatic rings. The minimum absolute atomic E-state index is 0.125. The largest absolute Gasteiger partial charge is 0.384 e. The van der Waals surface area contributed by atoms with Crippen molar-refractivity contribution in [2.24, 2.45) is 7.05 Å². The van der Waals surface area contributed by atoms with Gasteiger partial charge in [0.1, 0.15) is 6.61 Å². The molecule has 0 saturated carbocycles. The van der Waals surface area contributed by atoms with Crippen molar-refractivity contribution in [1.29, 1.82) is 0 Å². The summed E-state index contributed by atoms with van der Waals surface area (Å²) in [7, 11) is 1.89. The Balaban J connectivity index is 2.03. The number of aromatic nitrogens is 2. The van der Waals surface area contributed by atoms with E-state index in [9.17, 15) is 4.79 Å². The van der Waals surface area contributed by atoms with Crippen molar-refractivity contribution in [3.8, 4) is 11.8 Å². The van der Waals surface area contributed by atoms with Crippen molar-refractivity contribution in [2.45, 2.75) is 20.4 Å². The fraction of sp³-hybridized carbons (Fsp3) is 0.333. The molecule has 2 aromatic rings. The first-order valence-corrected chi connectivity index (χ1v) is 7.31. The highest BCUT2D eigenvalue weighted by Crippen LogP contribution is 2.16. The second-order valence-corrected chi connectivity index (χ2v) is 5.66. The first-order valence-electron chi connectivity index (χ1n) is 6.49. The molecule has 110 valence electrons. The van der Waals surface area contributed by atoms with Gasteiger partial charge in [0.2, 0.25) is 0 Å². The molecule has 0 atom stereocenters. The van der Waals surface area contributed by atoms with Gasteiger partial charge in [-0.25, -0.2) is 0 Å². The van der Waals surface area contributed by atoms with Gasteiger partial charge >= 0.3 is 0 Å². The van der Waals surface area contributed by atoms with Crippen LogP contribution in [0.2, 0.25) is 0 Å². The Morgan fingerprint density at radius 2 is 2.24 bits per heavy atom. The number of hydrogen-bond acceptors (Lipinski definition) is 4. The number of amides is 1. The van der Waals surface area contributed by atoms with Crippen LogP contribution in [0.1, 0.15) is 31.5 Å². The van der Waals surface area contributed by atoms with Crippen LogP contribution in [0.3, 0.4) is 0 Å². The molecule has 0 unspecified atom stereocenters. The van der Waals surface area contributed by atoms with Gasteiger partial charge in [-0.15, -0.1) is 11.3 Å². The summed E-state index contributed by atoms with van der Waals surface area (Å²) in [6.45, 7) is 4.19. The van der Waals surface area contributed by atoms with E-state index in [4.69, 9.17) is 5.11 Å². The number of aliphatic hydroxyl groups is 1. The molecule has 0 aromatic carbocycles. The van der Waals surface area contributed by atoms with Crippen molar-refractivity contribution >= 4 is 17.2 Å². The average Bonchev–Trinajstić information content (AvgIpc) is 3.01. The van der Waals surface area contributed by atoms with E-state index in [2.05, 4.69) is 22.3 Å². The average molecular weight is 303 g/mol. The molecule has 6 heteroatoms. The van der Waals surface area contributed by atoms with Crippen LogP contribution < -0.4 is 5.32 Å². The smallest absolute Gasteiger partial charge is 0.261 e. The Morgan fingerprint density at radius 1 is 1.48 bits per heavy atom. The van der Waals surface area contributed by atoms with Gasteiger partial charge in [0, 0.05) is 24.8 Å². The minimum Gasteiger partial charge on any atom is -0.384 e. The van der Waals surface area contributed by atoms with Gasteiger partial charge < -0.3 is 10.4 Å². The SMILES string of the molecule is Cc1nn(C)c(C)c1CNC(=O)c1ccc(C#CCO)s1. The third-order valence-electron chi connectivity index (χ3n) is 3.21. The van der Waals surface area contributed by atoms with E-state index in [-0.39, 0.29) is 12.5 Å². The molecule has 5 nitrogen and oxygen atoms in total. The van der Waals surface area contributed by atoms with E-state index < -0.39 is 0 Å². The Hall–Kier alpha value is -2.10. The number of carbonyl (C=O) groups excluding carboxylic acids is 1. The number of rotatable bonds is 3. The molecule has 0 radical (unpaired) electrons. The molecule has 2 aromatic heterocycles. The maximum absolute atomic E-state index is 12.1. The molecule has 2 N–H and O–H groups in total. The molecule has 0 aliphatic carbocycles. The van der Waals surface area contributed by atoms with Crippen LogP contribution in [0.15, 0.2) is 12.1 Å². The van der Waals surface area contributed by atoms with Gasteiger partial charge in [-0.2, -0.15) is 5.10 Å². The number of nitrogens with zero attached hydrogens (tertiary/aromatic N) is 2. The van der Waals surface area contributed by atoms with Crippen LogP contribution in [0.25, 0.3) is 0 Å². The maximum atomic E-state index is 12.1. The van der Waals surface area contributed by atoms with E-state index >= 15 is 0 Å². The number of nitrogens with one attached hydrogen (secondary N) is 1. The lowest BCUT2D eigenvalue weighted by molar-refractivity contribution is 0.0955. The van der Waals surface area contributed by atoms with Crippen LogP contribution >= 0.6 is 11.3 Å². The van der Waals surface area contributed by atoms with Crippen molar-refractivity contribution < 1.29 is 9.90 Å². The molecule has 1 amide bonds. The summed E-state index contributed by atoms with van der Waals surface area (Å²) in [6.07, 6.45) is 0. The van der Waals surface area contributed by atoms with Gasteiger partial charge in [-0.05, 0) is 26.0 Å². The number of carbonyl (C=O) groups is 1. The first-order chi connectivity index (χ1) is 10.0. The summed E-state index contributed by atoms with van der Waals surface area (Å²) in [5, 5.41) is 15.9. The van der Waals surface area contributed by atoms with E-state index in [1.165, 1.54) is 11.3 Å². The predicted molar refractivity (Wildman–Crippen MR) is 82.1 cm³/mol. The Kier molecular flexibility index (Phi) is 4.78. The Bertz CT molecular complexity index is 719. The number of aliphatic hydroxyl groups excluding tert-OH is 1. The van der Waals surface area contributed by atoms with Crippen molar-refractivity contribution in [1.82, 2.24) is 15.1 Å². The molecule has 2 heterocycles. The standard InChI is InChI=1S/C15H17N3O2S/c1-10-13(11(2)18(3)17-10)9-16-15(20)14-7-6-12(21-14)5-4-8-19/h6-7,19H,8-9H2,1-3H3,(H,16,20). The molecule has 0 fully saturated rings. The monoisotopic (exact) mass is 303 g/mol. The minimum atomic E-state index is -0.182. The summed E-state index contributed by atoms with van der Waals surface area (Å²) < 4.78 is 1.81. The molecule has 2 rings (SSSR count). The van der Waals surface area contributed by atoms with Gasteiger partial charge in [0.15, 0.2) is 0 Å². The lowest BCUT2D eigenvalue weighted by Gasteiger charge is -2.04. The third-order valence-corrected chi connectivity index (χ3v) is 4.20. The number of thiophene rings is 1. The maximum Gasteiger partial charge on any atom is 0.261 e. The highest BCUT2D eigenvalue weighted by atomic mass is 32.1. The zero-order valence-electron chi connectivity index (χ0n) is 12.2. The van der Waals surface area contributed by atoms with E-state index in [1.54, 1.807) is 12.1 Å². The second-order valence-electron chi connectivity index (χ2n) is 4.58. The summed E-state index contributed by atoms with van der Waals surface area (Å²) in [6, 6.07) is 3.52. The van der Waals surface area contributed by atoms with Crippen molar-refractivity contribution in [3.63, 3.8) is 0 Å². The molecule has 0 saturated heterocycles. The quantitative estimate of drug-likeness (QED) is 0.842. The van der Waals surface area contributed by atoms with Gasteiger partial charge in [-0.1, -0.05) is 11.8 Å².